The van der Waals surface area contributed by atoms with Crippen LogP contribution in [0.15, 0.2) is 48.7 Å². The summed E-state index contributed by atoms with van der Waals surface area (Å²) >= 11 is 0. The van der Waals surface area contributed by atoms with Crippen molar-refractivity contribution >= 4 is 10.9 Å². The number of hydrogen-bond donors (Lipinski definition) is 0. The minimum Gasteiger partial charge on any atom is -0.481 e. The van der Waals surface area contributed by atoms with Crippen LogP contribution in [0, 0.1) is 6.92 Å². The van der Waals surface area contributed by atoms with Crippen LogP contribution < -0.4 is 4.74 Å². The smallest absolute Gasteiger partial charge is 0.213 e. The molecule has 3 aromatic rings. The maximum absolute atomic E-state index is 5.13. The first-order valence-corrected chi connectivity index (χ1v) is 6.14. The van der Waals surface area contributed by atoms with Gasteiger partial charge in [-0.3, -0.25) is 4.98 Å². The van der Waals surface area contributed by atoms with Gasteiger partial charge in [-0.05, 0) is 36.8 Å². The summed E-state index contributed by atoms with van der Waals surface area (Å²) in [5.74, 6) is 0.636. The Morgan fingerprint density at radius 1 is 0.947 bits per heavy atom. The average Bonchev–Trinajstić information content (AvgIpc) is 2.47. The SMILES string of the molecule is COc1ccc2cc(-c3ccc(C)nc3)ccc2n1. The molecule has 0 aliphatic heterocycles. The zero-order valence-corrected chi connectivity index (χ0v) is 10.9. The van der Waals surface area contributed by atoms with Crippen molar-refractivity contribution in [1.82, 2.24) is 9.97 Å². The van der Waals surface area contributed by atoms with Gasteiger partial charge in [0.2, 0.25) is 5.88 Å². The van der Waals surface area contributed by atoms with Gasteiger partial charge in [-0.15, -0.1) is 0 Å². The largest absolute Gasteiger partial charge is 0.481 e. The third-order valence-electron chi connectivity index (χ3n) is 3.12. The van der Waals surface area contributed by atoms with Gasteiger partial charge in [0.25, 0.3) is 0 Å². The predicted octanol–water partition coefficient (Wildman–Crippen LogP) is 3.61. The topological polar surface area (TPSA) is 35.0 Å². The van der Waals surface area contributed by atoms with E-state index in [4.69, 9.17) is 4.74 Å². The molecule has 0 spiro atoms. The summed E-state index contributed by atoms with van der Waals surface area (Å²) in [5.41, 5.74) is 4.22. The van der Waals surface area contributed by atoms with Gasteiger partial charge in [0, 0.05) is 28.9 Å². The van der Waals surface area contributed by atoms with E-state index in [1.807, 2.05) is 37.4 Å². The Labute approximate surface area is 111 Å². The van der Waals surface area contributed by atoms with Gasteiger partial charge < -0.3 is 4.74 Å². The Balaban J connectivity index is 2.08. The van der Waals surface area contributed by atoms with Crippen molar-refractivity contribution < 1.29 is 4.74 Å². The van der Waals surface area contributed by atoms with Crippen molar-refractivity contribution in [1.29, 1.82) is 0 Å². The highest BCUT2D eigenvalue weighted by Gasteiger charge is 2.02. The maximum Gasteiger partial charge on any atom is 0.213 e. The minimum absolute atomic E-state index is 0.636. The average molecular weight is 250 g/mol. The Bertz CT molecular complexity index is 720. The molecule has 0 bridgehead atoms. The predicted molar refractivity (Wildman–Crippen MR) is 76.3 cm³/mol. The van der Waals surface area contributed by atoms with Crippen LogP contribution in [-0.4, -0.2) is 17.1 Å². The Hall–Kier alpha value is -2.42. The fourth-order valence-electron chi connectivity index (χ4n) is 2.04. The monoisotopic (exact) mass is 250 g/mol. The molecule has 0 aliphatic rings. The maximum atomic E-state index is 5.13. The molecule has 0 fully saturated rings. The van der Waals surface area contributed by atoms with Gasteiger partial charge in [-0.1, -0.05) is 12.1 Å². The van der Waals surface area contributed by atoms with Gasteiger partial charge in [0.05, 0.1) is 12.6 Å². The van der Waals surface area contributed by atoms with Crippen LogP contribution in [0.1, 0.15) is 5.69 Å². The number of methoxy groups -OCH3 is 1. The van der Waals surface area contributed by atoms with Crippen LogP contribution in [-0.2, 0) is 0 Å². The number of fused-ring (bicyclic) bond motifs is 1. The van der Waals surface area contributed by atoms with E-state index in [2.05, 4.69) is 28.2 Å². The van der Waals surface area contributed by atoms with Crippen molar-refractivity contribution in [3.05, 3.63) is 54.4 Å². The van der Waals surface area contributed by atoms with Gasteiger partial charge in [-0.25, -0.2) is 4.98 Å². The summed E-state index contributed by atoms with van der Waals surface area (Å²) in [6.45, 7) is 1.99. The second kappa shape index (κ2) is 4.69. The third kappa shape index (κ3) is 2.27. The zero-order valence-electron chi connectivity index (χ0n) is 10.9. The lowest BCUT2D eigenvalue weighted by Gasteiger charge is -2.05. The minimum atomic E-state index is 0.636. The van der Waals surface area contributed by atoms with Gasteiger partial charge in [0.15, 0.2) is 0 Å². The first-order valence-electron chi connectivity index (χ1n) is 6.14. The lowest BCUT2D eigenvalue weighted by molar-refractivity contribution is 0.399. The molecule has 0 saturated carbocycles. The molecule has 1 aromatic carbocycles. The number of rotatable bonds is 2. The molecule has 0 N–H and O–H groups in total. The van der Waals surface area contributed by atoms with E-state index in [0.29, 0.717) is 5.88 Å². The summed E-state index contributed by atoms with van der Waals surface area (Å²) in [6, 6.07) is 14.2. The molecular weight excluding hydrogens is 236 g/mol. The molecule has 19 heavy (non-hydrogen) atoms. The number of ether oxygens (including phenoxy) is 1. The van der Waals surface area contributed by atoms with Crippen LogP contribution in [0.2, 0.25) is 0 Å². The van der Waals surface area contributed by atoms with Crippen LogP contribution in [0.3, 0.4) is 0 Å². The number of nitrogens with zero attached hydrogens (tertiary/aromatic N) is 2. The summed E-state index contributed by atoms with van der Waals surface area (Å²) in [7, 11) is 1.63. The van der Waals surface area contributed by atoms with Crippen molar-refractivity contribution in [2.24, 2.45) is 0 Å². The number of benzene rings is 1. The van der Waals surface area contributed by atoms with E-state index in [1.165, 1.54) is 0 Å². The van der Waals surface area contributed by atoms with E-state index in [-0.39, 0.29) is 0 Å². The van der Waals surface area contributed by atoms with Gasteiger partial charge in [0.1, 0.15) is 0 Å². The molecule has 2 aromatic heterocycles. The fourth-order valence-corrected chi connectivity index (χ4v) is 2.04. The lowest BCUT2D eigenvalue weighted by Crippen LogP contribution is -1.88. The summed E-state index contributed by atoms with van der Waals surface area (Å²) in [4.78, 5) is 8.73. The molecule has 0 radical (unpaired) electrons. The molecule has 2 heterocycles. The standard InChI is InChI=1S/C16H14N2O/c1-11-3-4-14(10-17-11)12-5-7-15-13(9-12)6-8-16(18-15)19-2/h3-10H,1-2H3. The van der Waals surface area contributed by atoms with Gasteiger partial charge >= 0.3 is 0 Å². The molecule has 0 unspecified atom stereocenters. The second-order valence-electron chi connectivity index (χ2n) is 4.45. The van der Waals surface area contributed by atoms with Crippen LogP contribution in [0.5, 0.6) is 5.88 Å². The molecule has 3 nitrogen and oxygen atoms in total. The molecule has 0 aliphatic carbocycles. The molecule has 94 valence electrons. The zero-order chi connectivity index (χ0) is 13.2. The molecule has 0 atom stereocenters. The number of hydrogen-bond acceptors (Lipinski definition) is 3. The first kappa shape index (κ1) is 11.7. The third-order valence-corrected chi connectivity index (χ3v) is 3.12. The van der Waals surface area contributed by atoms with Crippen LogP contribution in [0.4, 0.5) is 0 Å². The summed E-state index contributed by atoms with van der Waals surface area (Å²) < 4.78 is 5.13. The van der Waals surface area contributed by atoms with E-state index >= 15 is 0 Å². The van der Waals surface area contributed by atoms with E-state index < -0.39 is 0 Å². The molecule has 3 rings (SSSR count). The van der Waals surface area contributed by atoms with Crippen molar-refractivity contribution in [2.45, 2.75) is 6.92 Å². The Morgan fingerprint density at radius 2 is 1.79 bits per heavy atom. The lowest BCUT2D eigenvalue weighted by atomic mass is 10.0. The number of aromatic nitrogens is 2. The van der Waals surface area contributed by atoms with E-state index in [1.54, 1.807) is 7.11 Å². The highest BCUT2D eigenvalue weighted by atomic mass is 16.5. The van der Waals surface area contributed by atoms with Crippen molar-refractivity contribution in [3.63, 3.8) is 0 Å². The summed E-state index contributed by atoms with van der Waals surface area (Å²) in [6.07, 6.45) is 1.90. The summed E-state index contributed by atoms with van der Waals surface area (Å²) in [5, 5.41) is 1.10. The molecule has 0 saturated heterocycles. The van der Waals surface area contributed by atoms with Crippen LogP contribution >= 0.6 is 0 Å². The number of aryl methyl sites for hydroxylation is 1. The van der Waals surface area contributed by atoms with Gasteiger partial charge in [-0.2, -0.15) is 0 Å². The van der Waals surface area contributed by atoms with Crippen LogP contribution in [0.25, 0.3) is 22.0 Å². The molecule has 0 amide bonds. The fraction of sp³-hybridized carbons (Fsp3) is 0.125. The van der Waals surface area contributed by atoms with E-state index in [0.717, 1.165) is 27.7 Å². The molecular formula is C16H14N2O. The van der Waals surface area contributed by atoms with Crippen molar-refractivity contribution in [3.8, 4) is 17.0 Å². The highest BCUT2D eigenvalue weighted by molar-refractivity contribution is 5.84. The second-order valence-corrected chi connectivity index (χ2v) is 4.45. The normalized spacial score (nSPS) is 10.6. The first-order chi connectivity index (χ1) is 9.26. The molecule has 3 heteroatoms. The highest BCUT2D eigenvalue weighted by Crippen LogP contribution is 2.24. The van der Waals surface area contributed by atoms with E-state index in [9.17, 15) is 0 Å². The Kier molecular flexibility index (Phi) is 2.88. The quantitative estimate of drug-likeness (QED) is 0.696. The number of pyridine rings is 2. The Morgan fingerprint density at radius 3 is 2.53 bits per heavy atom. The van der Waals surface area contributed by atoms with Crippen molar-refractivity contribution in [2.75, 3.05) is 7.11 Å².